The molecule has 1 aliphatic rings. The number of nitrogens with one attached hydrogen (secondary N) is 2. The van der Waals surface area contributed by atoms with Crippen LogP contribution in [0.2, 0.25) is 0 Å². The summed E-state index contributed by atoms with van der Waals surface area (Å²) in [5.74, 6) is -1.65. The van der Waals surface area contributed by atoms with Crippen molar-refractivity contribution in [1.29, 1.82) is 0 Å². The lowest BCUT2D eigenvalue weighted by atomic mass is 10.1. The summed E-state index contributed by atoms with van der Waals surface area (Å²) >= 11 is 5.05. The van der Waals surface area contributed by atoms with E-state index < -0.39 is 29.2 Å². The molecule has 0 spiro atoms. The molecule has 0 saturated heterocycles. The minimum absolute atomic E-state index is 0.126. The molecule has 0 atom stereocenters. The Hall–Kier alpha value is -3.86. The molecule has 148 valence electrons. The van der Waals surface area contributed by atoms with Crippen LogP contribution in [-0.4, -0.2) is 46.3 Å². The fraction of sp³-hybridized carbons (Fsp3) is 0.111. The summed E-state index contributed by atoms with van der Waals surface area (Å²) in [6, 6.07) is 10.1. The lowest BCUT2D eigenvalue weighted by molar-refractivity contribution is -0.384. The van der Waals surface area contributed by atoms with Gasteiger partial charge in [-0.2, -0.15) is 0 Å². The summed E-state index contributed by atoms with van der Waals surface area (Å²) < 4.78 is 5.08. The smallest absolute Gasteiger partial charge is 0.273 e. The quantitative estimate of drug-likeness (QED) is 0.327. The average molecular weight is 414 g/mol. The Balaban J connectivity index is 1.63. The fourth-order valence-electron chi connectivity index (χ4n) is 2.74. The predicted molar refractivity (Wildman–Crippen MR) is 106 cm³/mol. The number of nitro groups is 1. The zero-order valence-electron chi connectivity index (χ0n) is 15.0. The van der Waals surface area contributed by atoms with Gasteiger partial charge < -0.3 is 15.4 Å². The number of benzene rings is 2. The lowest BCUT2D eigenvalue weighted by Crippen LogP contribution is -2.43. The van der Waals surface area contributed by atoms with Crippen molar-refractivity contribution >= 4 is 46.4 Å². The first-order chi connectivity index (χ1) is 13.8. The summed E-state index contributed by atoms with van der Waals surface area (Å²) in [6.07, 6.45) is 0. The van der Waals surface area contributed by atoms with Crippen LogP contribution >= 0.6 is 12.2 Å². The molecule has 0 bridgehead atoms. The van der Waals surface area contributed by atoms with Crippen molar-refractivity contribution in [1.82, 2.24) is 10.2 Å². The van der Waals surface area contributed by atoms with Gasteiger partial charge in [-0.15, -0.1) is 0 Å². The first kappa shape index (κ1) is 19.9. The van der Waals surface area contributed by atoms with Gasteiger partial charge in [-0.05, 0) is 30.4 Å². The zero-order valence-corrected chi connectivity index (χ0v) is 15.8. The maximum atomic E-state index is 12.3. The second kappa shape index (κ2) is 8.02. The predicted octanol–water partition coefficient (Wildman–Crippen LogP) is 1.71. The van der Waals surface area contributed by atoms with Crippen LogP contribution in [0.1, 0.15) is 20.7 Å². The maximum absolute atomic E-state index is 12.3. The van der Waals surface area contributed by atoms with Crippen molar-refractivity contribution < 1.29 is 24.0 Å². The maximum Gasteiger partial charge on any atom is 0.273 e. The average Bonchev–Trinajstić information content (AvgIpc) is 2.93. The topological polar surface area (TPSA) is 131 Å². The number of amides is 3. The highest BCUT2D eigenvalue weighted by Crippen LogP contribution is 2.29. The fourth-order valence-corrected chi connectivity index (χ4v) is 2.97. The molecule has 1 heterocycles. The van der Waals surface area contributed by atoms with E-state index in [0.717, 1.165) is 4.90 Å². The molecule has 0 saturated carbocycles. The second-order valence-electron chi connectivity index (χ2n) is 5.89. The van der Waals surface area contributed by atoms with Crippen LogP contribution < -0.4 is 15.4 Å². The number of methoxy groups -OCH3 is 1. The highest BCUT2D eigenvalue weighted by atomic mass is 32.1. The highest BCUT2D eigenvalue weighted by Gasteiger charge is 2.36. The molecule has 29 heavy (non-hydrogen) atoms. The van der Waals surface area contributed by atoms with E-state index in [2.05, 4.69) is 10.6 Å². The Morgan fingerprint density at radius 2 is 1.79 bits per heavy atom. The van der Waals surface area contributed by atoms with Crippen molar-refractivity contribution in [2.75, 3.05) is 19.0 Å². The number of hydrogen-bond acceptors (Lipinski definition) is 7. The molecule has 0 unspecified atom stereocenters. The number of hydrogen-bond donors (Lipinski definition) is 2. The molecule has 0 aromatic heterocycles. The van der Waals surface area contributed by atoms with Gasteiger partial charge in [-0.3, -0.25) is 29.4 Å². The van der Waals surface area contributed by atoms with Crippen LogP contribution in [0.25, 0.3) is 0 Å². The van der Waals surface area contributed by atoms with E-state index >= 15 is 0 Å². The first-order valence-corrected chi connectivity index (χ1v) is 8.61. The van der Waals surface area contributed by atoms with Crippen LogP contribution in [0, 0.1) is 10.1 Å². The standard InChI is InChI=1S/C18H14N4O6S/c1-28-14-8-10(22(26)27)6-7-13(14)19-18(29)20-15(23)9-21-16(24)11-4-2-3-5-12(11)17(21)25/h2-8H,9H2,1H3,(H2,19,20,23,29). The van der Waals surface area contributed by atoms with Crippen molar-refractivity contribution in [3.63, 3.8) is 0 Å². The third-order valence-electron chi connectivity index (χ3n) is 4.08. The molecule has 1 aliphatic heterocycles. The van der Waals surface area contributed by atoms with Gasteiger partial charge in [0.1, 0.15) is 12.3 Å². The molecule has 2 aromatic rings. The Labute approximate surface area is 169 Å². The summed E-state index contributed by atoms with van der Waals surface area (Å²) in [5.41, 5.74) is 0.598. The summed E-state index contributed by atoms with van der Waals surface area (Å²) in [5, 5.41) is 15.8. The number of carbonyl (C=O) groups is 3. The SMILES string of the molecule is COc1cc([N+](=O)[O-])ccc1NC(=S)NC(=O)CN1C(=O)c2ccccc2C1=O. The molecule has 3 rings (SSSR count). The van der Waals surface area contributed by atoms with Crippen LogP contribution in [0.4, 0.5) is 11.4 Å². The molecule has 2 aromatic carbocycles. The Morgan fingerprint density at radius 3 is 2.34 bits per heavy atom. The number of carbonyl (C=O) groups excluding carboxylic acids is 3. The van der Waals surface area contributed by atoms with Gasteiger partial charge in [0.05, 0.1) is 34.9 Å². The molecule has 0 fully saturated rings. The number of fused-ring (bicyclic) bond motifs is 1. The summed E-state index contributed by atoms with van der Waals surface area (Å²) in [6.45, 7) is -0.508. The summed E-state index contributed by atoms with van der Waals surface area (Å²) in [7, 11) is 1.33. The van der Waals surface area contributed by atoms with E-state index in [1.54, 1.807) is 12.1 Å². The van der Waals surface area contributed by atoms with Gasteiger partial charge >= 0.3 is 0 Å². The molecule has 3 amide bonds. The minimum Gasteiger partial charge on any atom is -0.494 e. The van der Waals surface area contributed by atoms with E-state index in [1.807, 2.05) is 0 Å². The minimum atomic E-state index is -0.683. The van der Waals surface area contributed by atoms with Crippen molar-refractivity contribution in [3.8, 4) is 5.75 Å². The third kappa shape index (κ3) is 4.04. The first-order valence-electron chi connectivity index (χ1n) is 8.20. The highest BCUT2D eigenvalue weighted by molar-refractivity contribution is 7.80. The van der Waals surface area contributed by atoms with Crippen LogP contribution in [0.15, 0.2) is 42.5 Å². The van der Waals surface area contributed by atoms with Gasteiger partial charge in [-0.1, -0.05) is 12.1 Å². The van der Waals surface area contributed by atoms with Gasteiger partial charge in [0, 0.05) is 6.07 Å². The summed E-state index contributed by atoms with van der Waals surface area (Å²) in [4.78, 5) is 47.9. The molecule has 2 N–H and O–H groups in total. The van der Waals surface area contributed by atoms with Gasteiger partial charge in [0.15, 0.2) is 5.11 Å². The van der Waals surface area contributed by atoms with Crippen LogP contribution in [0.3, 0.4) is 0 Å². The number of nitro benzene ring substituents is 1. The number of nitrogens with zero attached hydrogens (tertiary/aromatic N) is 2. The van der Waals surface area contributed by atoms with Crippen LogP contribution in [-0.2, 0) is 4.79 Å². The Morgan fingerprint density at radius 1 is 1.17 bits per heavy atom. The molecule has 0 radical (unpaired) electrons. The Bertz CT molecular complexity index is 1020. The number of anilines is 1. The van der Waals surface area contributed by atoms with E-state index in [9.17, 15) is 24.5 Å². The monoisotopic (exact) mass is 414 g/mol. The molecule has 0 aliphatic carbocycles. The lowest BCUT2D eigenvalue weighted by Gasteiger charge is -2.15. The normalized spacial score (nSPS) is 12.4. The number of non-ortho nitro benzene ring substituents is 1. The molecular formula is C18H14N4O6S. The third-order valence-corrected chi connectivity index (χ3v) is 4.28. The van der Waals surface area contributed by atoms with E-state index in [0.29, 0.717) is 5.69 Å². The molecule has 10 nitrogen and oxygen atoms in total. The van der Waals surface area contributed by atoms with Crippen molar-refractivity contribution in [2.24, 2.45) is 0 Å². The number of thiocarbonyl (C=S) groups is 1. The van der Waals surface area contributed by atoms with Crippen molar-refractivity contribution in [3.05, 3.63) is 63.7 Å². The zero-order chi connectivity index (χ0) is 21.1. The number of ether oxygens (including phenoxy) is 1. The Kier molecular flexibility index (Phi) is 5.50. The van der Waals surface area contributed by atoms with Gasteiger partial charge in [0.25, 0.3) is 17.5 Å². The van der Waals surface area contributed by atoms with Crippen LogP contribution in [0.5, 0.6) is 5.75 Å². The van der Waals surface area contributed by atoms with E-state index in [4.69, 9.17) is 17.0 Å². The number of imide groups is 1. The van der Waals surface area contributed by atoms with E-state index in [1.165, 1.54) is 37.4 Å². The van der Waals surface area contributed by atoms with Crippen molar-refractivity contribution in [2.45, 2.75) is 0 Å². The van der Waals surface area contributed by atoms with Gasteiger partial charge in [0.2, 0.25) is 5.91 Å². The second-order valence-corrected chi connectivity index (χ2v) is 6.29. The number of rotatable bonds is 5. The molecular weight excluding hydrogens is 400 g/mol. The largest absolute Gasteiger partial charge is 0.494 e. The molecule has 11 heteroatoms. The van der Waals surface area contributed by atoms with Gasteiger partial charge in [-0.25, -0.2) is 0 Å². The van der Waals surface area contributed by atoms with E-state index in [-0.39, 0.29) is 27.7 Å².